The zero-order chi connectivity index (χ0) is 12.8. The van der Waals surface area contributed by atoms with E-state index in [1.54, 1.807) is 30.5 Å². The van der Waals surface area contributed by atoms with Gasteiger partial charge in [-0.3, -0.25) is 0 Å². The second-order valence-corrected chi connectivity index (χ2v) is 3.45. The Morgan fingerprint density at radius 1 is 1.22 bits per heavy atom. The molecule has 5 nitrogen and oxygen atoms in total. The summed E-state index contributed by atoms with van der Waals surface area (Å²) in [7, 11) is 0. The summed E-state index contributed by atoms with van der Waals surface area (Å²) in [5.41, 5.74) is 1.38. The number of nitrogens with zero attached hydrogens (tertiary/aromatic N) is 3. The minimum Gasteiger partial charge on any atom is -0.439 e. The van der Waals surface area contributed by atoms with Gasteiger partial charge in [0.2, 0.25) is 5.88 Å². The molecule has 0 radical (unpaired) electrons. The van der Waals surface area contributed by atoms with Gasteiger partial charge in [0.05, 0.1) is 11.8 Å². The van der Waals surface area contributed by atoms with Crippen LogP contribution in [0, 0.1) is 11.3 Å². The predicted octanol–water partition coefficient (Wildman–Crippen LogP) is 2.04. The van der Waals surface area contributed by atoms with Crippen molar-refractivity contribution in [1.82, 2.24) is 4.98 Å². The number of pyridine rings is 1. The Morgan fingerprint density at radius 2 is 2.00 bits per heavy atom. The van der Waals surface area contributed by atoms with Crippen LogP contribution in [0.15, 0.2) is 47.7 Å². The van der Waals surface area contributed by atoms with Gasteiger partial charge in [-0.25, -0.2) is 4.98 Å². The maximum atomic E-state index is 8.65. The van der Waals surface area contributed by atoms with Crippen LogP contribution < -0.4 is 10.6 Å². The lowest BCUT2D eigenvalue weighted by atomic mass is 10.2. The summed E-state index contributed by atoms with van der Waals surface area (Å²) in [5, 5.41) is 12.1. The molecular formula is C13H10N4O. The maximum Gasteiger partial charge on any atom is 0.219 e. The highest BCUT2D eigenvalue weighted by Crippen LogP contribution is 2.19. The molecule has 0 atom stereocenters. The average molecular weight is 238 g/mol. The number of ether oxygens (including phenoxy) is 1. The lowest BCUT2D eigenvalue weighted by molar-refractivity contribution is 0.463. The number of rotatable bonds is 3. The highest BCUT2D eigenvalue weighted by atomic mass is 16.5. The van der Waals surface area contributed by atoms with E-state index in [0.717, 1.165) is 5.56 Å². The first-order valence-electron chi connectivity index (χ1n) is 5.19. The van der Waals surface area contributed by atoms with Crippen molar-refractivity contribution in [3.05, 3.63) is 53.7 Å². The van der Waals surface area contributed by atoms with Gasteiger partial charge >= 0.3 is 0 Å². The molecule has 2 rings (SSSR count). The molecule has 0 saturated carbocycles. The third-order valence-corrected chi connectivity index (χ3v) is 2.19. The van der Waals surface area contributed by atoms with Crippen molar-refractivity contribution in [2.24, 2.45) is 10.9 Å². The summed E-state index contributed by atoms with van der Waals surface area (Å²) in [4.78, 5) is 4.01. The molecule has 0 unspecified atom stereocenters. The Labute approximate surface area is 104 Å². The molecule has 0 spiro atoms. The zero-order valence-electron chi connectivity index (χ0n) is 9.45. The third-order valence-electron chi connectivity index (χ3n) is 2.19. The molecule has 5 heteroatoms. The second-order valence-electron chi connectivity index (χ2n) is 3.45. The number of hydrazone groups is 1. The Morgan fingerprint density at radius 3 is 2.56 bits per heavy atom. The summed E-state index contributed by atoms with van der Waals surface area (Å²) in [5.74, 6) is 6.14. The molecule has 2 aromatic rings. The van der Waals surface area contributed by atoms with E-state index >= 15 is 0 Å². The summed E-state index contributed by atoms with van der Waals surface area (Å²) in [6.07, 6.45) is 3.01. The minimum absolute atomic E-state index is 0.439. The molecule has 0 amide bonds. The fourth-order valence-electron chi connectivity index (χ4n) is 1.34. The van der Waals surface area contributed by atoms with Gasteiger partial charge in [0.1, 0.15) is 11.8 Å². The molecule has 88 valence electrons. The Hall–Kier alpha value is -2.87. The largest absolute Gasteiger partial charge is 0.439 e. The molecule has 1 heterocycles. The van der Waals surface area contributed by atoms with Crippen LogP contribution in [-0.4, -0.2) is 11.2 Å². The maximum absolute atomic E-state index is 8.65. The van der Waals surface area contributed by atoms with E-state index in [1.165, 1.54) is 6.20 Å². The molecule has 0 bridgehead atoms. The molecule has 0 saturated heterocycles. The molecular weight excluding hydrogens is 228 g/mol. The van der Waals surface area contributed by atoms with Gasteiger partial charge in [-0.1, -0.05) is 0 Å². The summed E-state index contributed by atoms with van der Waals surface area (Å²) < 4.78 is 5.51. The van der Waals surface area contributed by atoms with Crippen molar-refractivity contribution in [3.63, 3.8) is 0 Å². The van der Waals surface area contributed by atoms with Crippen molar-refractivity contribution < 1.29 is 4.74 Å². The van der Waals surface area contributed by atoms with Crippen LogP contribution >= 0.6 is 0 Å². The van der Waals surface area contributed by atoms with E-state index in [1.807, 2.05) is 18.2 Å². The normalized spacial score (nSPS) is 10.2. The van der Waals surface area contributed by atoms with E-state index in [9.17, 15) is 0 Å². The molecule has 0 aliphatic rings. The smallest absolute Gasteiger partial charge is 0.219 e. The summed E-state index contributed by atoms with van der Waals surface area (Å²) >= 11 is 0. The van der Waals surface area contributed by atoms with Crippen molar-refractivity contribution >= 4 is 6.21 Å². The number of benzene rings is 1. The van der Waals surface area contributed by atoms with Crippen LogP contribution in [0.5, 0.6) is 11.6 Å². The van der Waals surface area contributed by atoms with E-state index < -0.39 is 0 Å². The van der Waals surface area contributed by atoms with Crippen LogP contribution in [0.25, 0.3) is 0 Å². The van der Waals surface area contributed by atoms with Crippen molar-refractivity contribution in [2.75, 3.05) is 0 Å². The number of hydrogen-bond acceptors (Lipinski definition) is 5. The molecule has 1 aromatic carbocycles. The Bertz CT molecular complexity index is 582. The van der Waals surface area contributed by atoms with Gasteiger partial charge < -0.3 is 10.6 Å². The first-order valence-corrected chi connectivity index (χ1v) is 5.19. The molecule has 2 N–H and O–H groups in total. The SMILES string of the molecule is N#Cc1ccc(Oc2ccc(C=NN)cc2)nc1. The van der Waals surface area contributed by atoms with E-state index in [2.05, 4.69) is 10.1 Å². The highest BCUT2D eigenvalue weighted by molar-refractivity contribution is 5.79. The molecule has 1 aromatic heterocycles. The van der Waals surface area contributed by atoms with Crippen molar-refractivity contribution in [2.45, 2.75) is 0 Å². The average Bonchev–Trinajstić information content (AvgIpc) is 2.42. The van der Waals surface area contributed by atoms with Crippen LogP contribution in [-0.2, 0) is 0 Å². The fourth-order valence-corrected chi connectivity index (χ4v) is 1.34. The monoisotopic (exact) mass is 238 g/mol. The number of hydrogen-bond donors (Lipinski definition) is 1. The minimum atomic E-state index is 0.439. The van der Waals surface area contributed by atoms with Gasteiger partial charge in [0.25, 0.3) is 0 Å². The van der Waals surface area contributed by atoms with Gasteiger partial charge in [-0.2, -0.15) is 10.4 Å². The molecule has 0 aliphatic carbocycles. The van der Waals surface area contributed by atoms with Gasteiger partial charge in [-0.15, -0.1) is 0 Å². The lowest BCUT2D eigenvalue weighted by Crippen LogP contribution is -1.90. The number of nitrogens with two attached hydrogens (primary N) is 1. The standard InChI is InChI=1S/C13H10N4O/c14-7-11-3-6-13(16-8-11)18-12-4-1-10(2-5-12)9-17-15/h1-6,8-9H,15H2. The summed E-state index contributed by atoms with van der Waals surface area (Å²) in [6.45, 7) is 0. The first-order chi connectivity index (χ1) is 8.81. The van der Waals surface area contributed by atoms with Gasteiger partial charge in [0.15, 0.2) is 0 Å². The first kappa shape index (κ1) is 11.6. The molecule has 18 heavy (non-hydrogen) atoms. The highest BCUT2D eigenvalue weighted by Gasteiger charge is 1.99. The lowest BCUT2D eigenvalue weighted by Gasteiger charge is -2.04. The third kappa shape index (κ3) is 2.83. The van der Waals surface area contributed by atoms with E-state index in [-0.39, 0.29) is 0 Å². The summed E-state index contributed by atoms with van der Waals surface area (Å²) in [6, 6.07) is 12.5. The fraction of sp³-hybridized carbons (Fsp3) is 0. The van der Waals surface area contributed by atoms with Crippen LogP contribution in [0.3, 0.4) is 0 Å². The van der Waals surface area contributed by atoms with Crippen LogP contribution in [0.2, 0.25) is 0 Å². The second kappa shape index (κ2) is 5.46. The van der Waals surface area contributed by atoms with Gasteiger partial charge in [-0.05, 0) is 35.9 Å². The van der Waals surface area contributed by atoms with Gasteiger partial charge in [0, 0.05) is 12.3 Å². The van der Waals surface area contributed by atoms with E-state index in [0.29, 0.717) is 17.2 Å². The van der Waals surface area contributed by atoms with Crippen LogP contribution in [0.4, 0.5) is 0 Å². The number of nitriles is 1. The number of aromatic nitrogens is 1. The molecule has 0 fully saturated rings. The quantitative estimate of drug-likeness (QED) is 0.503. The zero-order valence-corrected chi connectivity index (χ0v) is 9.45. The van der Waals surface area contributed by atoms with Crippen molar-refractivity contribution in [1.29, 1.82) is 5.26 Å². The molecule has 0 aliphatic heterocycles. The van der Waals surface area contributed by atoms with E-state index in [4.69, 9.17) is 15.8 Å². The predicted molar refractivity (Wildman–Crippen MR) is 67.2 cm³/mol. The van der Waals surface area contributed by atoms with Crippen LogP contribution in [0.1, 0.15) is 11.1 Å². The Kier molecular flexibility index (Phi) is 3.52. The Balaban J connectivity index is 2.11. The van der Waals surface area contributed by atoms with Crippen molar-refractivity contribution in [3.8, 4) is 17.7 Å². The topological polar surface area (TPSA) is 84.3 Å².